The number of anilines is 1. The molecule has 0 spiro atoms. The van der Waals surface area contributed by atoms with E-state index >= 15 is 0 Å². The first kappa shape index (κ1) is 22.7. The topological polar surface area (TPSA) is 91.6 Å². The highest BCUT2D eigenvalue weighted by molar-refractivity contribution is 6.31. The Bertz CT molecular complexity index is 855. The van der Waals surface area contributed by atoms with Crippen LogP contribution in [0.4, 0.5) is 5.69 Å². The van der Waals surface area contributed by atoms with Gasteiger partial charge in [0, 0.05) is 35.6 Å². The molecule has 0 fully saturated rings. The largest absolute Gasteiger partial charge is 0.443 e. The Morgan fingerprint density at radius 1 is 1.28 bits per heavy atom. The van der Waals surface area contributed by atoms with Crippen LogP contribution in [-0.4, -0.2) is 29.9 Å². The Morgan fingerprint density at radius 2 is 2.03 bits per heavy atom. The van der Waals surface area contributed by atoms with Crippen molar-refractivity contribution in [1.29, 1.82) is 0 Å². The molecule has 0 saturated heterocycles. The van der Waals surface area contributed by atoms with Gasteiger partial charge in [-0.1, -0.05) is 38.4 Å². The maximum atomic E-state index is 12.2. The molecule has 0 atom stereocenters. The standard InChI is InChI=1S/C21H30ClN5O2/c1-6-23-20(26-13-19-25-12-17(29-19)21(3,4)5)24-11-10-18(28)27-16-9-7-8-15(22)14(16)2/h7-9,12H,6,10-11,13H2,1-5H3,(H,27,28)(H2,23,24,26). The minimum Gasteiger partial charge on any atom is -0.443 e. The number of nitrogens with one attached hydrogen (secondary N) is 3. The number of hydrogen-bond acceptors (Lipinski definition) is 4. The number of carbonyl (C=O) groups is 1. The van der Waals surface area contributed by atoms with Crippen LogP contribution in [0, 0.1) is 6.92 Å². The fraction of sp³-hybridized carbons (Fsp3) is 0.476. The van der Waals surface area contributed by atoms with E-state index in [0.29, 0.717) is 42.9 Å². The quantitative estimate of drug-likeness (QED) is 0.465. The summed E-state index contributed by atoms with van der Waals surface area (Å²) in [5.41, 5.74) is 1.49. The summed E-state index contributed by atoms with van der Waals surface area (Å²) in [6, 6.07) is 5.44. The van der Waals surface area contributed by atoms with Gasteiger partial charge in [-0.2, -0.15) is 0 Å². The zero-order valence-corrected chi connectivity index (χ0v) is 18.5. The maximum Gasteiger partial charge on any atom is 0.226 e. The van der Waals surface area contributed by atoms with Crippen molar-refractivity contribution in [2.45, 2.75) is 53.0 Å². The van der Waals surface area contributed by atoms with Gasteiger partial charge in [0.2, 0.25) is 11.8 Å². The number of amides is 1. The third-order valence-corrected chi connectivity index (χ3v) is 4.61. The van der Waals surface area contributed by atoms with Gasteiger partial charge < -0.3 is 20.4 Å². The lowest BCUT2D eigenvalue weighted by atomic mass is 9.94. The SMILES string of the molecule is CCNC(=NCc1ncc(C(C)(C)C)o1)NCCC(=O)Nc1cccc(Cl)c1C. The molecule has 0 unspecified atom stereocenters. The van der Waals surface area contributed by atoms with E-state index in [-0.39, 0.29) is 11.3 Å². The molecule has 1 aromatic carbocycles. The summed E-state index contributed by atoms with van der Waals surface area (Å²) >= 11 is 6.09. The summed E-state index contributed by atoms with van der Waals surface area (Å²) in [4.78, 5) is 21.0. The molecule has 8 heteroatoms. The van der Waals surface area contributed by atoms with E-state index in [9.17, 15) is 4.79 Å². The molecule has 2 rings (SSSR count). The summed E-state index contributed by atoms with van der Waals surface area (Å²) in [6.07, 6.45) is 2.04. The Kier molecular flexibility index (Phi) is 8.08. The average Bonchev–Trinajstić information content (AvgIpc) is 3.13. The number of rotatable bonds is 7. The highest BCUT2D eigenvalue weighted by atomic mass is 35.5. The molecule has 2 aromatic rings. The predicted molar refractivity (Wildman–Crippen MR) is 117 cm³/mol. The van der Waals surface area contributed by atoms with E-state index in [0.717, 1.165) is 17.0 Å². The number of benzene rings is 1. The van der Waals surface area contributed by atoms with Gasteiger partial charge in [0.1, 0.15) is 12.3 Å². The molecule has 3 N–H and O–H groups in total. The van der Waals surface area contributed by atoms with E-state index in [1.807, 2.05) is 26.0 Å². The van der Waals surface area contributed by atoms with Gasteiger partial charge in [0.15, 0.2) is 5.96 Å². The average molecular weight is 420 g/mol. The number of guanidine groups is 1. The molecule has 0 aliphatic carbocycles. The highest BCUT2D eigenvalue weighted by Gasteiger charge is 2.19. The van der Waals surface area contributed by atoms with Crippen LogP contribution in [0.15, 0.2) is 33.8 Å². The normalized spacial score (nSPS) is 12.0. The van der Waals surface area contributed by atoms with Crippen LogP contribution in [0.5, 0.6) is 0 Å². The van der Waals surface area contributed by atoms with E-state index in [1.54, 1.807) is 12.3 Å². The summed E-state index contributed by atoms with van der Waals surface area (Å²) in [5.74, 6) is 1.89. The third-order valence-electron chi connectivity index (χ3n) is 4.20. The molecular formula is C21H30ClN5O2. The van der Waals surface area contributed by atoms with E-state index in [4.69, 9.17) is 16.0 Å². The minimum atomic E-state index is -0.0961. The molecule has 0 aliphatic heterocycles. The van der Waals surface area contributed by atoms with Gasteiger partial charge in [-0.15, -0.1) is 0 Å². The zero-order valence-electron chi connectivity index (χ0n) is 17.7. The van der Waals surface area contributed by atoms with Gasteiger partial charge >= 0.3 is 0 Å². The van der Waals surface area contributed by atoms with E-state index < -0.39 is 0 Å². The Hall–Kier alpha value is -2.54. The van der Waals surface area contributed by atoms with Crippen molar-refractivity contribution >= 4 is 29.2 Å². The smallest absolute Gasteiger partial charge is 0.226 e. The van der Waals surface area contributed by atoms with Crippen LogP contribution < -0.4 is 16.0 Å². The summed E-state index contributed by atoms with van der Waals surface area (Å²) in [6.45, 7) is 11.5. The number of hydrogen-bond donors (Lipinski definition) is 3. The van der Waals surface area contributed by atoms with Gasteiger partial charge in [0.05, 0.1) is 6.20 Å². The number of nitrogens with zero attached hydrogens (tertiary/aromatic N) is 2. The number of oxazole rings is 1. The molecule has 158 valence electrons. The molecule has 7 nitrogen and oxygen atoms in total. The first-order valence-corrected chi connectivity index (χ1v) is 10.1. The number of carbonyl (C=O) groups excluding carboxylic acids is 1. The Labute approximate surface area is 177 Å². The molecule has 1 amide bonds. The molecule has 29 heavy (non-hydrogen) atoms. The second-order valence-corrected chi connectivity index (χ2v) is 8.11. The van der Waals surface area contributed by atoms with Gasteiger partial charge in [-0.05, 0) is 31.5 Å². The lowest BCUT2D eigenvalue weighted by Crippen LogP contribution is -2.38. The molecule has 0 bridgehead atoms. The van der Waals surface area contributed by atoms with Crippen LogP contribution in [0.3, 0.4) is 0 Å². The predicted octanol–water partition coefficient (Wildman–Crippen LogP) is 4.02. The van der Waals surface area contributed by atoms with Crippen LogP contribution in [0.25, 0.3) is 0 Å². The maximum absolute atomic E-state index is 12.2. The van der Waals surface area contributed by atoms with Gasteiger partial charge in [-0.3, -0.25) is 4.79 Å². The second kappa shape index (κ2) is 10.3. The van der Waals surface area contributed by atoms with Gasteiger partial charge in [-0.25, -0.2) is 9.98 Å². The van der Waals surface area contributed by atoms with Crippen molar-refractivity contribution in [2.75, 3.05) is 18.4 Å². The van der Waals surface area contributed by atoms with Crippen molar-refractivity contribution in [3.8, 4) is 0 Å². The van der Waals surface area contributed by atoms with Crippen molar-refractivity contribution < 1.29 is 9.21 Å². The number of aromatic nitrogens is 1. The van der Waals surface area contributed by atoms with E-state index in [2.05, 4.69) is 46.7 Å². The zero-order chi connectivity index (χ0) is 21.4. The molecule has 0 aliphatic rings. The van der Waals surface area contributed by atoms with Crippen LogP contribution in [0.1, 0.15) is 51.3 Å². The summed E-state index contributed by atoms with van der Waals surface area (Å²) in [5, 5.41) is 9.81. The minimum absolute atomic E-state index is 0.0909. The first-order valence-electron chi connectivity index (χ1n) is 9.73. The van der Waals surface area contributed by atoms with Crippen LogP contribution in [-0.2, 0) is 16.8 Å². The monoisotopic (exact) mass is 419 g/mol. The van der Waals surface area contributed by atoms with Crippen molar-refractivity contribution in [2.24, 2.45) is 4.99 Å². The Balaban J connectivity index is 1.86. The molecular weight excluding hydrogens is 390 g/mol. The number of halogens is 1. The Morgan fingerprint density at radius 3 is 2.69 bits per heavy atom. The molecule has 0 saturated carbocycles. The van der Waals surface area contributed by atoms with Crippen molar-refractivity contribution in [1.82, 2.24) is 15.6 Å². The summed E-state index contributed by atoms with van der Waals surface area (Å²) in [7, 11) is 0. The first-order chi connectivity index (χ1) is 13.7. The fourth-order valence-corrected chi connectivity index (χ4v) is 2.64. The highest BCUT2D eigenvalue weighted by Crippen LogP contribution is 2.23. The third kappa shape index (κ3) is 7.09. The second-order valence-electron chi connectivity index (χ2n) is 7.70. The molecule has 0 radical (unpaired) electrons. The summed E-state index contributed by atoms with van der Waals surface area (Å²) < 4.78 is 5.76. The lowest BCUT2D eigenvalue weighted by molar-refractivity contribution is -0.116. The van der Waals surface area contributed by atoms with Gasteiger partial charge in [0.25, 0.3) is 0 Å². The molecule has 1 aromatic heterocycles. The van der Waals surface area contributed by atoms with Crippen molar-refractivity contribution in [3.05, 3.63) is 46.6 Å². The number of aliphatic imine (C=N–C) groups is 1. The lowest BCUT2D eigenvalue weighted by Gasteiger charge is -2.13. The van der Waals surface area contributed by atoms with Crippen molar-refractivity contribution in [3.63, 3.8) is 0 Å². The fourth-order valence-electron chi connectivity index (χ4n) is 2.47. The van der Waals surface area contributed by atoms with E-state index in [1.165, 1.54) is 0 Å². The van der Waals surface area contributed by atoms with Crippen LogP contribution in [0.2, 0.25) is 5.02 Å². The van der Waals surface area contributed by atoms with Crippen LogP contribution >= 0.6 is 11.6 Å². The molecule has 1 heterocycles.